The van der Waals surface area contributed by atoms with Crippen molar-refractivity contribution in [1.29, 1.82) is 0 Å². The molecule has 8 heteroatoms. The average Bonchev–Trinajstić information content (AvgIpc) is 2.46. The Hall–Kier alpha value is -2.57. The number of rotatable bonds is 6. The van der Waals surface area contributed by atoms with Gasteiger partial charge >= 0.3 is 5.97 Å². The molecule has 0 aliphatic rings. The maximum Gasteiger partial charge on any atom is 0.322 e. The summed E-state index contributed by atoms with van der Waals surface area (Å²) >= 11 is 0. The van der Waals surface area contributed by atoms with Crippen molar-refractivity contribution in [2.75, 3.05) is 5.32 Å². The Labute approximate surface area is 121 Å². The number of nitrogens with two attached hydrogens (primary N) is 1. The molecule has 0 bridgehead atoms. The van der Waals surface area contributed by atoms with Crippen molar-refractivity contribution in [3.8, 4) is 0 Å². The molecule has 0 unspecified atom stereocenters. The highest BCUT2D eigenvalue weighted by molar-refractivity contribution is 5.94. The van der Waals surface area contributed by atoms with Gasteiger partial charge in [-0.15, -0.1) is 0 Å². The number of esters is 1. The minimum Gasteiger partial charge on any atom is -0.460 e. The van der Waals surface area contributed by atoms with Gasteiger partial charge in [-0.1, -0.05) is 17.2 Å². The van der Waals surface area contributed by atoms with Crippen molar-refractivity contribution in [1.82, 2.24) is 0 Å². The number of benzene rings is 1. The molecule has 2 atom stereocenters. The number of amides is 1. The van der Waals surface area contributed by atoms with Crippen LogP contribution in [0.15, 0.2) is 29.4 Å². The SMILES string of the molecule is C[C@H](N)C(=O)OCc1ccc(NC(=O)[C@H](C)N=[N+]=[N-])cc1. The molecule has 0 spiro atoms. The Morgan fingerprint density at radius 2 is 2.00 bits per heavy atom. The van der Waals surface area contributed by atoms with E-state index in [4.69, 9.17) is 16.0 Å². The molecule has 0 radical (unpaired) electrons. The largest absolute Gasteiger partial charge is 0.460 e. The van der Waals surface area contributed by atoms with Crippen LogP contribution in [0.25, 0.3) is 10.4 Å². The molecular weight excluding hydrogens is 274 g/mol. The van der Waals surface area contributed by atoms with Gasteiger partial charge in [-0.05, 0) is 37.1 Å². The number of nitrogens with zero attached hydrogens (tertiary/aromatic N) is 3. The van der Waals surface area contributed by atoms with Crippen LogP contribution in [-0.4, -0.2) is 24.0 Å². The van der Waals surface area contributed by atoms with Crippen LogP contribution < -0.4 is 11.1 Å². The van der Waals surface area contributed by atoms with Crippen LogP contribution in [0.1, 0.15) is 19.4 Å². The fourth-order valence-electron chi connectivity index (χ4n) is 1.35. The van der Waals surface area contributed by atoms with E-state index in [1.165, 1.54) is 6.92 Å². The number of hydrogen-bond acceptors (Lipinski definition) is 5. The third-order valence-electron chi connectivity index (χ3n) is 2.58. The number of carbonyl (C=O) groups is 2. The number of ether oxygens (including phenoxy) is 1. The number of anilines is 1. The van der Waals surface area contributed by atoms with Gasteiger partial charge in [0, 0.05) is 10.6 Å². The van der Waals surface area contributed by atoms with Crippen molar-refractivity contribution in [2.45, 2.75) is 32.5 Å². The van der Waals surface area contributed by atoms with Crippen LogP contribution in [0.3, 0.4) is 0 Å². The Balaban J connectivity index is 2.56. The van der Waals surface area contributed by atoms with Gasteiger partial charge in [-0.2, -0.15) is 0 Å². The zero-order chi connectivity index (χ0) is 15.8. The molecule has 1 aromatic rings. The van der Waals surface area contributed by atoms with Gasteiger partial charge in [0.25, 0.3) is 0 Å². The van der Waals surface area contributed by atoms with Crippen molar-refractivity contribution in [3.63, 3.8) is 0 Å². The van der Waals surface area contributed by atoms with Gasteiger partial charge in [0.05, 0.1) is 0 Å². The van der Waals surface area contributed by atoms with E-state index >= 15 is 0 Å². The van der Waals surface area contributed by atoms with Crippen molar-refractivity contribution in [2.24, 2.45) is 10.8 Å². The normalized spacial score (nSPS) is 12.7. The molecule has 0 fully saturated rings. The minimum atomic E-state index is -0.790. The zero-order valence-corrected chi connectivity index (χ0v) is 11.8. The van der Waals surface area contributed by atoms with E-state index in [2.05, 4.69) is 15.3 Å². The third-order valence-corrected chi connectivity index (χ3v) is 2.58. The molecule has 21 heavy (non-hydrogen) atoms. The molecule has 1 rings (SSSR count). The quantitative estimate of drug-likeness (QED) is 0.357. The monoisotopic (exact) mass is 291 g/mol. The smallest absolute Gasteiger partial charge is 0.322 e. The predicted molar refractivity (Wildman–Crippen MR) is 77.1 cm³/mol. The van der Waals surface area contributed by atoms with Gasteiger partial charge in [0.1, 0.15) is 18.7 Å². The van der Waals surface area contributed by atoms with Crippen molar-refractivity contribution in [3.05, 3.63) is 40.3 Å². The molecule has 0 saturated heterocycles. The van der Waals surface area contributed by atoms with E-state index in [-0.39, 0.29) is 6.61 Å². The third kappa shape index (κ3) is 5.52. The van der Waals surface area contributed by atoms with Crippen LogP contribution in [0.4, 0.5) is 5.69 Å². The van der Waals surface area contributed by atoms with Crippen LogP contribution >= 0.6 is 0 Å². The van der Waals surface area contributed by atoms with Gasteiger partial charge in [0.15, 0.2) is 0 Å². The second-order valence-electron chi connectivity index (χ2n) is 4.46. The lowest BCUT2D eigenvalue weighted by Gasteiger charge is -2.09. The Morgan fingerprint density at radius 3 is 2.52 bits per heavy atom. The first-order valence-electron chi connectivity index (χ1n) is 6.30. The molecule has 1 amide bonds. The highest BCUT2D eigenvalue weighted by Crippen LogP contribution is 2.11. The summed E-state index contributed by atoms with van der Waals surface area (Å²) in [5.74, 6) is -0.875. The summed E-state index contributed by atoms with van der Waals surface area (Å²) in [5.41, 5.74) is 15.0. The lowest BCUT2D eigenvalue weighted by Crippen LogP contribution is -2.28. The van der Waals surface area contributed by atoms with E-state index in [1.807, 2.05) is 0 Å². The molecule has 0 heterocycles. The summed E-state index contributed by atoms with van der Waals surface area (Å²) in [7, 11) is 0. The van der Waals surface area contributed by atoms with E-state index < -0.39 is 24.0 Å². The number of hydrogen-bond donors (Lipinski definition) is 2. The molecular formula is C13H17N5O3. The number of carbonyl (C=O) groups excluding carboxylic acids is 2. The zero-order valence-electron chi connectivity index (χ0n) is 11.8. The second-order valence-corrected chi connectivity index (χ2v) is 4.46. The first-order valence-corrected chi connectivity index (χ1v) is 6.30. The second kappa shape index (κ2) is 7.88. The molecule has 3 N–H and O–H groups in total. The molecule has 0 aliphatic carbocycles. The lowest BCUT2D eigenvalue weighted by atomic mass is 10.2. The topological polar surface area (TPSA) is 130 Å². The van der Waals surface area contributed by atoms with Crippen LogP contribution in [-0.2, 0) is 20.9 Å². The molecule has 8 nitrogen and oxygen atoms in total. The number of nitrogens with one attached hydrogen (secondary N) is 1. The van der Waals surface area contributed by atoms with Crippen LogP contribution in [0.5, 0.6) is 0 Å². The van der Waals surface area contributed by atoms with Gasteiger partial charge in [-0.3, -0.25) is 9.59 Å². The molecule has 0 saturated carbocycles. The summed E-state index contributed by atoms with van der Waals surface area (Å²) in [6.07, 6.45) is 0. The van der Waals surface area contributed by atoms with Crippen molar-refractivity contribution >= 4 is 17.6 Å². The van der Waals surface area contributed by atoms with E-state index in [1.54, 1.807) is 31.2 Å². The first-order chi connectivity index (χ1) is 9.93. The predicted octanol–water partition coefficient (Wildman–Crippen LogP) is 1.71. The average molecular weight is 291 g/mol. The summed E-state index contributed by atoms with van der Waals surface area (Å²) in [6.45, 7) is 3.16. The molecule has 1 aromatic carbocycles. The van der Waals surface area contributed by atoms with Gasteiger partial charge in [0.2, 0.25) is 5.91 Å². The van der Waals surface area contributed by atoms with Gasteiger partial charge < -0.3 is 15.8 Å². The maximum absolute atomic E-state index is 11.6. The highest BCUT2D eigenvalue weighted by Gasteiger charge is 2.11. The standard InChI is InChI=1S/C13H17N5O3/c1-8(14)13(20)21-7-10-3-5-11(6-4-10)16-12(19)9(2)17-18-15/h3-6,8-9H,7,14H2,1-2H3,(H,16,19)/t8-,9-/m0/s1. The lowest BCUT2D eigenvalue weighted by molar-refractivity contribution is -0.146. The summed E-state index contributed by atoms with van der Waals surface area (Å²) in [6, 6.07) is 5.29. The highest BCUT2D eigenvalue weighted by atomic mass is 16.5. The Bertz CT molecular complexity index is 549. The first kappa shape index (κ1) is 16.5. The molecule has 0 aliphatic heterocycles. The summed E-state index contributed by atoms with van der Waals surface area (Å²) in [4.78, 5) is 25.4. The van der Waals surface area contributed by atoms with E-state index in [0.717, 1.165) is 5.56 Å². The van der Waals surface area contributed by atoms with Crippen LogP contribution in [0.2, 0.25) is 0 Å². The van der Waals surface area contributed by atoms with E-state index in [9.17, 15) is 9.59 Å². The maximum atomic E-state index is 11.6. The Morgan fingerprint density at radius 1 is 1.38 bits per heavy atom. The summed E-state index contributed by atoms with van der Waals surface area (Å²) in [5, 5.41) is 5.91. The van der Waals surface area contributed by atoms with Gasteiger partial charge in [-0.25, -0.2) is 0 Å². The van der Waals surface area contributed by atoms with E-state index in [0.29, 0.717) is 5.69 Å². The molecule has 112 valence electrons. The van der Waals surface area contributed by atoms with Crippen molar-refractivity contribution < 1.29 is 14.3 Å². The Kier molecular flexibility index (Phi) is 6.19. The van der Waals surface area contributed by atoms with Crippen LogP contribution in [0, 0.1) is 0 Å². The fourth-order valence-corrected chi connectivity index (χ4v) is 1.35. The minimum absolute atomic E-state index is 0.115. The fraction of sp³-hybridized carbons (Fsp3) is 0.385. The molecule has 0 aromatic heterocycles. The number of azide groups is 1. The summed E-state index contributed by atoms with van der Waals surface area (Å²) < 4.78 is 4.97.